The second-order valence-corrected chi connectivity index (χ2v) is 7.14. The van der Waals surface area contributed by atoms with Crippen molar-refractivity contribution in [3.05, 3.63) is 28.5 Å². The lowest BCUT2D eigenvalue weighted by Gasteiger charge is -2.33. The topological polar surface area (TPSA) is 45.4 Å². The minimum absolute atomic E-state index is 0.296. The quantitative estimate of drug-likeness (QED) is 0.903. The van der Waals surface area contributed by atoms with Gasteiger partial charge in [-0.2, -0.15) is 0 Å². The number of hydrogen-bond acceptors (Lipinski definition) is 4. The highest BCUT2D eigenvalue weighted by Crippen LogP contribution is 2.28. The fourth-order valence-electron chi connectivity index (χ4n) is 3.74. The number of nitrogens with two attached hydrogens (primary N) is 1. The van der Waals surface area contributed by atoms with E-state index in [0.29, 0.717) is 12.6 Å². The summed E-state index contributed by atoms with van der Waals surface area (Å²) in [5.41, 5.74) is 7.29. The van der Waals surface area contributed by atoms with Crippen LogP contribution < -0.4 is 5.73 Å². The number of rotatable bonds is 4. The number of nitrogens with zero attached hydrogens (tertiary/aromatic N) is 3. The van der Waals surface area contributed by atoms with Crippen molar-refractivity contribution in [2.45, 2.75) is 37.8 Å². The van der Waals surface area contributed by atoms with E-state index < -0.39 is 0 Å². The van der Waals surface area contributed by atoms with Crippen LogP contribution in [0, 0.1) is 0 Å². The Morgan fingerprint density at radius 3 is 2.76 bits per heavy atom. The van der Waals surface area contributed by atoms with E-state index in [-0.39, 0.29) is 0 Å². The van der Waals surface area contributed by atoms with Crippen LogP contribution >= 0.6 is 15.9 Å². The van der Waals surface area contributed by atoms with Crippen LogP contribution in [0.1, 0.15) is 37.3 Å². The van der Waals surface area contributed by atoms with Gasteiger partial charge in [-0.05, 0) is 59.9 Å². The number of pyridine rings is 1. The van der Waals surface area contributed by atoms with E-state index >= 15 is 0 Å². The molecule has 0 bridgehead atoms. The molecule has 0 saturated carbocycles. The van der Waals surface area contributed by atoms with Gasteiger partial charge < -0.3 is 5.73 Å². The van der Waals surface area contributed by atoms with Gasteiger partial charge in [0.2, 0.25) is 0 Å². The standard InChI is InChI=1S/C16H25BrN4/c17-14-8-13(10-19-11-14)16(9-18)21-7-4-15(12-21)20-5-2-1-3-6-20/h8,10-11,15-16H,1-7,9,12,18H2. The van der Waals surface area contributed by atoms with Gasteiger partial charge in [0.15, 0.2) is 0 Å². The molecule has 0 radical (unpaired) electrons. The number of halogens is 1. The third kappa shape index (κ3) is 3.65. The second-order valence-electron chi connectivity index (χ2n) is 6.22. The molecule has 21 heavy (non-hydrogen) atoms. The molecule has 116 valence electrons. The smallest absolute Gasteiger partial charge is 0.0486 e. The minimum atomic E-state index is 0.296. The second kappa shape index (κ2) is 7.18. The zero-order chi connectivity index (χ0) is 14.7. The van der Waals surface area contributed by atoms with E-state index in [1.807, 2.05) is 12.4 Å². The van der Waals surface area contributed by atoms with Crippen molar-refractivity contribution in [1.82, 2.24) is 14.8 Å². The van der Waals surface area contributed by atoms with Gasteiger partial charge >= 0.3 is 0 Å². The first-order valence-electron chi connectivity index (χ1n) is 8.06. The molecule has 0 spiro atoms. The molecule has 3 heterocycles. The van der Waals surface area contributed by atoms with Gasteiger partial charge in [-0.15, -0.1) is 0 Å². The van der Waals surface area contributed by atoms with E-state index in [1.54, 1.807) is 0 Å². The van der Waals surface area contributed by atoms with Gasteiger partial charge in [-0.3, -0.25) is 14.8 Å². The highest BCUT2D eigenvalue weighted by atomic mass is 79.9. The van der Waals surface area contributed by atoms with Gasteiger partial charge in [0.05, 0.1) is 0 Å². The van der Waals surface area contributed by atoms with E-state index in [4.69, 9.17) is 5.73 Å². The van der Waals surface area contributed by atoms with Crippen LogP contribution in [0.4, 0.5) is 0 Å². The average Bonchev–Trinajstić information content (AvgIpc) is 2.99. The highest BCUT2D eigenvalue weighted by molar-refractivity contribution is 9.10. The molecule has 2 aliphatic heterocycles. The average molecular weight is 353 g/mol. The van der Waals surface area contributed by atoms with Gasteiger partial charge in [0, 0.05) is 48.6 Å². The van der Waals surface area contributed by atoms with Crippen LogP contribution in [-0.4, -0.2) is 53.5 Å². The molecule has 3 rings (SSSR count). The van der Waals surface area contributed by atoms with Crippen molar-refractivity contribution in [2.75, 3.05) is 32.7 Å². The molecule has 2 atom stereocenters. The van der Waals surface area contributed by atoms with E-state index in [2.05, 4.69) is 36.8 Å². The summed E-state index contributed by atoms with van der Waals surface area (Å²) in [7, 11) is 0. The summed E-state index contributed by atoms with van der Waals surface area (Å²) in [5.74, 6) is 0. The summed E-state index contributed by atoms with van der Waals surface area (Å²) in [4.78, 5) is 9.53. The number of likely N-dealkylation sites (tertiary alicyclic amines) is 2. The maximum Gasteiger partial charge on any atom is 0.0486 e. The van der Waals surface area contributed by atoms with E-state index in [1.165, 1.54) is 44.3 Å². The monoisotopic (exact) mass is 352 g/mol. The lowest BCUT2D eigenvalue weighted by Crippen LogP contribution is -2.42. The van der Waals surface area contributed by atoms with Crippen molar-refractivity contribution >= 4 is 15.9 Å². The van der Waals surface area contributed by atoms with Gasteiger partial charge in [0.25, 0.3) is 0 Å². The molecule has 2 aliphatic rings. The molecule has 1 aromatic rings. The zero-order valence-electron chi connectivity index (χ0n) is 12.5. The third-order valence-corrected chi connectivity index (χ3v) is 5.31. The van der Waals surface area contributed by atoms with Crippen molar-refractivity contribution in [3.8, 4) is 0 Å². The maximum absolute atomic E-state index is 6.06. The maximum atomic E-state index is 6.06. The highest BCUT2D eigenvalue weighted by Gasteiger charge is 2.32. The fraction of sp³-hybridized carbons (Fsp3) is 0.688. The summed E-state index contributed by atoms with van der Waals surface area (Å²) in [6.45, 7) is 5.52. The molecule has 0 aromatic carbocycles. The molecule has 1 aromatic heterocycles. The largest absolute Gasteiger partial charge is 0.329 e. The van der Waals surface area contributed by atoms with Crippen LogP contribution in [0.3, 0.4) is 0 Å². The molecular weight excluding hydrogens is 328 g/mol. The molecule has 0 aliphatic carbocycles. The summed E-state index contributed by atoms with van der Waals surface area (Å²) >= 11 is 3.51. The van der Waals surface area contributed by atoms with Crippen LogP contribution in [0.5, 0.6) is 0 Å². The lowest BCUT2D eigenvalue weighted by molar-refractivity contribution is 0.152. The first kappa shape index (κ1) is 15.4. The van der Waals surface area contributed by atoms with Crippen LogP contribution in [0.15, 0.2) is 22.9 Å². The van der Waals surface area contributed by atoms with Crippen molar-refractivity contribution in [2.24, 2.45) is 5.73 Å². The van der Waals surface area contributed by atoms with Crippen LogP contribution in [0.2, 0.25) is 0 Å². The van der Waals surface area contributed by atoms with Gasteiger partial charge in [-0.1, -0.05) is 6.42 Å². The Morgan fingerprint density at radius 1 is 1.24 bits per heavy atom. The molecular formula is C16H25BrN4. The first-order valence-corrected chi connectivity index (χ1v) is 8.86. The normalized spacial score (nSPS) is 26.1. The summed E-state index contributed by atoms with van der Waals surface area (Å²) in [5, 5.41) is 0. The SMILES string of the molecule is NCC(c1cncc(Br)c1)N1CCC(N2CCCCC2)C1. The van der Waals surface area contributed by atoms with Crippen LogP contribution in [-0.2, 0) is 0 Å². The fourth-order valence-corrected chi connectivity index (χ4v) is 4.12. The third-order valence-electron chi connectivity index (χ3n) is 4.88. The molecule has 2 fully saturated rings. The Hall–Kier alpha value is -0.490. The molecule has 4 nitrogen and oxygen atoms in total. The Bertz CT molecular complexity index is 461. The predicted octanol–water partition coefficient (Wildman–Crippen LogP) is 2.40. The zero-order valence-corrected chi connectivity index (χ0v) is 14.1. The molecule has 2 N–H and O–H groups in total. The Morgan fingerprint density at radius 2 is 2.05 bits per heavy atom. The Kier molecular flexibility index (Phi) is 5.27. The van der Waals surface area contributed by atoms with Crippen LogP contribution in [0.25, 0.3) is 0 Å². The first-order chi connectivity index (χ1) is 10.3. The molecule has 0 amide bonds. The van der Waals surface area contributed by atoms with E-state index in [0.717, 1.165) is 23.6 Å². The summed E-state index contributed by atoms with van der Waals surface area (Å²) in [6.07, 6.45) is 9.20. The molecule has 5 heteroatoms. The van der Waals surface area contributed by atoms with Crippen molar-refractivity contribution in [1.29, 1.82) is 0 Å². The summed E-state index contributed by atoms with van der Waals surface area (Å²) in [6, 6.07) is 3.17. The Labute approximate surface area is 135 Å². The number of hydrogen-bond donors (Lipinski definition) is 1. The number of aromatic nitrogens is 1. The summed E-state index contributed by atoms with van der Waals surface area (Å²) < 4.78 is 1.03. The van der Waals surface area contributed by atoms with Crippen molar-refractivity contribution < 1.29 is 0 Å². The minimum Gasteiger partial charge on any atom is -0.329 e. The van der Waals surface area contributed by atoms with Crippen molar-refractivity contribution in [3.63, 3.8) is 0 Å². The lowest BCUT2D eigenvalue weighted by atomic mass is 10.1. The van der Waals surface area contributed by atoms with Gasteiger partial charge in [-0.25, -0.2) is 0 Å². The predicted molar refractivity (Wildman–Crippen MR) is 89.1 cm³/mol. The molecule has 2 unspecified atom stereocenters. The van der Waals surface area contributed by atoms with Gasteiger partial charge in [0.1, 0.15) is 0 Å². The Balaban J connectivity index is 1.65. The van der Waals surface area contributed by atoms with E-state index in [9.17, 15) is 0 Å². The number of piperidine rings is 1. The molecule has 2 saturated heterocycles.